The van der Waals surface area contributed by atoms with Gasteiger partial charge in [0.05, 0.1) is 11.2 Å². The maximum Gasteiger partial charge on any atom is 0.243 e. The summed E-state index contributed by atoms with van der Waals surface area (Å²) >= 11 is 0. The number of carbonyl (C=O) groups excluding carboxylic acids is 1. The molecule has 128 valence electrons. The number of carbonyl (C=O) groups is 1. The van der Waals surface area contributed by atoms with Crippen LogP contribution < -0.4 is 0 Å². The molecule has 0 bridgehead atoms. The van der Waals surface area contributed by atoms with Crippen molar-refractivity contribution in [3.8, 4) is 0 Å². The lowest BCUT2D eigenvalue weighted by molar-refractivity contribution is 0.0934. The standard InChI is InChI=1S/C18H21NO4S/c1-13-7-8-18(14(2)11-13)24(21,22)19-9-3-5-15(19)12-16(20)17-6-4-10-23-17/h4,6-8,10-11,15H,3,5,9,12H2,1-2H3/t15-/m0/s1. The highest BCUT2D eigenvalue weighted by atomic mass is 32.2. The molecule has 1 aliphatic heterocycles. The van der Waals surface area contributed by atoms with Crippen molar-refractivity contribution >= 4 is 15.8 Å². The Bertz CT molecular complexity index is 840. The molecule has 1 aromatic heterocycles. The van der Waals surface area contributed by atoms with Crippen LogP contribution in [0.25, 0.3) is 0 Å². The normalized spacial score (nSPS) is 18.8. The Labute approximate surface area is 142 Å². The Kier molecular flexibility index (Phi) is 4.60. The largest absolute Gasteiger partial charge is 0.461 e. The number of ketones is 1. The molecule has 2 heterocycles. The topological polar surface area (TPSA) is 67.6 Å². The Morgan fingerprint density at radius 3 is 2.75 bits per heavy atom. The van der Waals surface area contributed by atoms with Crippen molar-refractivity contribution in [3.05, 3.63) is 53.5 Å². The molecule has 0 saturated carbocycles. The summed E-state index contributed by atoms with van der Waals surface area (Å²) in [6.45, 7) is 4.19. The van der Waals surface area contributed by atoms with Crippen LogP contribution in [0, 0.1) is 13.8 Å². The highest BCUT2D eigenvalue weighted by Gasteiger charge is 2.37. The summed E-state index contributed by atoms with van der Waals surface area (Å²) in [5.74, 6) is 0.124. The smallest absolute Gasteiger partial charge is 0.243 e. The van der Waals surface area contributed by atoms with Crippen LogP contribution in [0.4, 0.5) is 0 Å². The number of Topliss-reactive ketones (excluding diaryl/α,β-unsaturated/α-hetero) is 1. The molecule has 1 saturated heterocycles. The number of benzene rings is 1. The van der Waals surface area contributed by atoms with Crippen LogP contribution in [0.5, 0.6) is 0 Å². The molecule has 0 unspecified atom stereocenters. The van der Waals surface area contributed by atoms with E-state index in [4.69, 9.17) is 4.42 Å². The Balaban J connectivity index is 1.85. The molecule has 3 rings (SSSR count). The first-order chi connectivity index (χ1) is 11.4. The minimum Gasteiger partial charge on any atom is -0.461 e. The van der Waals surface area contributed by atoms with E-state index < -0.39 is 10.0 Å². The SMILES string of the molecule is Cc1ccc(S(=O)(=O)N2CCC[C@H]2CC(=O)c2ccco2)c(C)c1. The number of sulfonamides is 1. The third-order valence-corrected chi connectivity index (χ3v) is 6.57. The Hall–Kier alpha value is -1.92. The molecule has 2 aromatic rings. The summed E-state index contributed by atoms with van der Waals surface area (Å²) < 4.78 is 32.7. The molecule has 0 spiro atoms. The van der Waals surface area contributed by atoms with E-state index in [0.717, 1.165) is 17.5 Å². The second-order valence-electron chi connectivity index (χ2n) is 6.29. The molecule has 0 N–H and O–H groups in total. The van der Waals surface area contributed by atoms with Crippen molar-refractivity contribution in [1.82, 2.24) is 4.31 Å². The van der Waals surface area contributed by atoms with Crippen molar-refractivity contribution in [2.24, 2.45) is 0 Å². The zero-order chi connectivity index (χ0) is 17.3. The number of hydrogen-bond donors (Lipinski definition) is 0. The van der Waals surface area contributed by atoms with Crippen LogP contribution in [-0.4, -0.2) is 31.1 Å². The van der Waals surface area contributed by atoms with Crippen LogP contribution in [0.2, 0.25) is 0 Å². The third-order valence-electron chi connectivity index (χ3n) is 4.46. The zero-order valence-electron chi connectivity index (χ0n) is 13.9. The first-order valence-corrected chi connectivity index (χ1v) is 9.49. The highest BCUT2D eigenvalue weighted by Crippen LogP contribution is 2.30. The molecule has 0 amide bonds. The summed E-state index contributed by atoms with van der Waals surface area (Å²) in [6.07, 6.45) is 3.06. The zero-order valence-corrected chi connectivity index (χ0v) is 14.7. The summed E-state index contributed by atoms with van der Waals surface area (Å²) in [6, 6.07) is 8.29. The fourth-order valence-corrected chi connectivity index (χ4v) is 5.20. The van der Waals surface area contributed by atoms with Gasteiger partial charge in [0.25, 0.3) is 0 Å². The maximum absolute atomic E-state index is 13.0. The van der Waals surface area contributed by atoms with Crippen molar-refractivity contribution < 1.29 is 17.6 Å². The van der Waals surface area contributed by atoms with Gasteiger partial charge >= 0.3 is 0 Å². The van der Waals surface area contributed by atoms with E-state index in [-0.39, 0.29) is 24.0 Å². The molecule has 1 fully saturated rings. The first kappa shape index (κ1) is 16.9. The molecule has 1 aromatic carbocycles. The van der Waals surface area contributed by atoms with Crippen LogP contribution in [0.1, 0.15) is 40.9 Å². The summed E-state index contributed by atoms with van der Waals surface area (Å²) in [7, 11) is -3.60. The maximum atomic E-state index is 13.0. The monoisotopic (exact) mass is 347 g/mol. The van der Waals surface area contributed by atoms with Gasteiger partial charge in [-0.25, -0.2) is 8.42 Å². The third kappa shape index (κ3) is 3.16. The van der Waals surface area contributed by atoms with Gasteiger partial charge < -0.3 is 4.42 Å². The first-order valence-electron chi connectivity index (χ1n) is 8.05. The molecule has 6 heteroatoms. The minimum atomic E-state index is -3.60. The average Bonchev–Trinajstić information content (AvgIpc) is 3.18. The molecule has 5 nitrogen and oxygen atoms in total. The van der Waals surface area contributed by atoms with Crippen LogP contribution in [-0.2, 0) is 10.0 Å². The van der Waals surface area contributed by atoms with Gasteiger partial charge in [-0.05, 0) is 50.5 Å². The van der Waals surface area contributed by atoms with Gasteiger partial charge in [0.2, 0.25) is 10.0 Å². The van der Waals surface area contributed by atoms with E-state index in [0.29, 0.717) is 17.9 Å². The Morgan fingerprint density at radius 1 is 1.29 bits per heavy atom. The van der Waals surface area contributed by atoms with Crippen LogP contribution >= 0.6 is 0 Å². The number of furan rings is 1. The van der Waals surface area contributed by atoms with E-state index in [2.05, 4.69) is 0 Å². The second kappa shape index (κ2) is 6.53. The number of hydrogen-bond acceptors (Lipinski definition) is 4. The van der Waals surface area contributed by atoms with Crippen molar-refractivity contribution in [2.75, 3.05) is 6.54 Å². The lowest BCUT2D eigenvalue weighted by Crippen LogP contribution is -2.37. The van der Waals surface area contributed by atoms with Gasteiger partial charge in [0.15, 0.2) is 11.5 Å². The lowest BCUT2D eigenvalue weighted by Gasteiger charge is -2.24. The molecular weight excluding hydrogens is 326 g/mol. The van der Waals surface area contributed by atoms with Crippen molar-refractivity contribution in [3.63, 3.8) is 0 Å². The Morgan fingerprint density at radius 2 is 2.08 bits per heavy atom. The number of rotatable bonds is 5. The van der Waals surface area contributed by atoms with Gasteiger partial charge in [-0.1, -0.05) is 17.7 Å². The molecule has 1 aliphatic rings. The predicted octanol–water partition coefficient (Wildman–Crippen LogP) is 3.32. The molecule has 24 heavy (non-hydrogen) atoms. The van der Waals surface area contributed by atoms with Crippen molar-refractivity contribution in [1.29, 1.82) is 0 Å². The summed E-state index contributed by atoms with van der Waals surface area (Å²) in [5.41, 5.74) is 1.76. The molecule has 0 radical (unpaired) electrons. The quantitative estimate of drug-likeness (QED) is 0.778. The number of aryl methyl sites for hydroxylation is 2. The second-order valence-corrected chi connectivity index (χ2v) is 8.14. The molecule has 1 atom stereocenters. The highest BCUT2D eigenvalue weighted by molar-refractivity contribution is 7.89. The predicted molar refractivity (Wildman–Crippen MR) is 90.5 cm³/mol. The summed E-state index contributed by atoms with van der Waals surface area (Å²) in [4.78, 5) is 12.6. The van der Waals surface area contributed by atoms with Gasteiger partial charge in [-0.15, -0.1) is 0 Å². The van der Waals surface area contributed by atoms with E-state index in [1.807, 2.05) is 13.0 Å². The van der Waals surface area contributed by atoms with Crippen LogP contribution in [0.3, 0.4) is 0 Å². The molecular formula is C18H21NO4S. The van der Waals surface area contributed by atoms with E-state index >= 15 is 0 Å². The fraction of sp³-hybridized carbons (Fsp3) is 0.389. The lowest BCUT2D eigenvalue weighted by atomic mass is 10.1. The van der Waals surface area contributed by atoms with Gasteiger partial charge in [0, 0.05) is 19.0 Å². The van der Waals surface area contributed by atoms with E-state index in [1.54, 1.807) is 31.2 Å². The van der Waals surface area contributed by atoms with Gasteiger partial charge in [0.1, 0.15) is 0 Å². The van der Waals surface area contributed by atoms with E-state index in [9.17, 15) is 13.2 Å². The fourth-order valence-electron chi connectivity index (χ4n) is 3.30. The summed E-state index contributed by atoms with van der Waals surface area (Å²) in [5, 5.41) is 0. The van der Waals surface area contributed by atoms with Crippen molar-refractivity contribution in [2.45, 2.75) is 44.0 Å². The van der Waals surface area contributed by atoms with Gasteiger partial charge in [-0.3, -0.25) is 4.79 Å². The number of nitrogens with zero attached hydrogens (tertiary/aromatic N) is 1. The van der Waals surface area contributed by atoms with Crippen LogP contribution in [0.15, 0.2) is 45.9 Å². The minimum absolute atomic E-state index is 0.150. The van der Waals surface area contributed by atoms with E-state index in [1.165, 1.54) is 10.6 Å². The van der Waals surface area contributed by atoms with Gasteiger partial charge in [-0.2, -0.15) is 4.31 Å². The molecule has 0 aliphatic carbocycles. The average molecular weight is 347 g/mol.